The Morgan fingerprint density at radius 2 is 1.69 bits per heavy atom. The van der Waals surface area contributed by atoms with Crippen molar-refractivity contribution in [2.24, 2.45) is 0 Å². The molecule has 26 heavy (non-hydrogen) atoms. The van der Waals surface area contributed by atoms with E-state index in [0.717, 1.165) is 40.3 Å². The largest absolute Gasteiger partial charge is 0.352 e. The van der Waals surface area contributed by atoms with Crippen LogP contribution in [0.4, 0.5) is 5.82 Å². The Morgan fingerprint density at radius 1 is 0.962 bits per heavy atom. The molecule has 5 nitrogen and oxygen atoms in total. The van der Waals surface area contributed by atoms with E-state index < -0.39 is 0 Å². The van der Waals surface area contributed by atoms with Gasteiger partial charge < -0.3 is 9.80 Å². The molecule has 0 N–H and O–H groups in total. The summed E-state index contributed by atoms with van der Waals surface area (Å²) >= 11 is 1.61. The normalized spacial score (nSPS) is 14.7. The molecule has 0 unspecified atom stereocenters. The fraction of sp³-hybridized carbons (Fsp3) is 0.250. The summed E-state index contributed by atoms with van der Waals surface area (Å²) in [6.45, 7) is 2.93. The van der Waals surface area contributed by atoms with E-state index in [-0.39, 0.29) is 5.91 Å². The van der Waals surface area contributed by atoms with Crippen LogP contribution in [0, 0.1) is 0 Å². The summed E-state index contributed by atoms with van der Waals surface area (Å²) in [4.78, 5) is 26.9. The molecule has 0 aliphatic carbocycles. The van der Waals surface area contributed by atoms with Crippen LogP contribution in [0.1, 0.15) is 10.4 Å². The van der Waals surface area contributed by atoms with Gasteiger partial charge in [0.1, 0.15) is 12.1 Å². The lowest BCUT2D eigenvalue weighted by Gasteiger charge is -2.36. The van der Waals surface area contributed by atoms with Crippen LogP contribution >= 0.6 is 11.8 Å². The molecule has 6 heteroatoms. The number of fused-ring (bicyclic) bond motifs is 1. The van der Waals surface area contributed by atoms with Crippen LogP contribution in [-0.4, -0.2) is 53.2 Å². The zero-order chi connectivity index (χ0) is 17.9. The van der Waals surface area contributed by atoms with Crippen molar-refractivity contribution in [2.45, 2.75) is 4.90 Å². The SMILES string of the molecule is CSc1ccccc1C(=O)N1CCN(c2ncnc3ccccc23)CC1. The lowest BCUT2D eigenvalue weighted by molar-refractivity contribution is 0.0743. The number of carbonyl (C=O) groups is 1. The molecule has 0 spiro atoms. The number of rotatable bonds is 3. The van der Waals surface area contributed by atoms with Gasteiger partial charge in [-0.15, -0.1) is 11.8 Å². The van der Waals surface area contributed by atoms with Crippen LogP contribution < -0.4 is 4.90 Å². The van der Waals surface area contributed by atoms with Crippen molar-refractivity contribution in [3.63, 3.8) is 0 Å². The van der Waals surface area contributed by atoms with Crippen molar-refractivity contribution in [3.8, 4) is 0 Å². The zero-order valence-corrected chi connectivity index (χ0v) is 15.4. The minimum Gasteiger partial charge on any atom is -0.352 e. The molecular weight excluding hydrogens is 344 g/mol. The van der Waals surface area contributed by atoms with Crippen LogP contribution in [0.15, 0.2) is 59.8 Å². The number of thioether (sulfide) groups is 1. The van der Waals surface area contributed by atoms with Crippen molar-refractivity contribution in [1.82, 2.24) is 14.9 Å². The maximum atomic E-state index is 12.9. The molecule has 1 aliphatic heterocycles. The molecule has 0 saturated carbocycles. The Hall–Kier alpha value is -2.60. The van der Waals surface area contributed by atoms with Gasteiger partial charge >= 0.3 is 0 Å². The molecule has 1 amide bonds. The number of nitrogens with zero attached hydrogens (tertiary/aromatic N) is 4. The van der Waals surface area contributed by atoms with Gasteiger partial charge in [0.05, 0.1) is 11.1 Å². The number of aromatic nitrogens is 2. The summed E-state index contributed by atoms with van der Waals surface area (Å²) in [5, 5.41) is 1.06. The van der Waals surface area contributed by atoms with E-state index in [1.807, 2.05) is 53.6 Å². The Morgan fingerprint density at radius 3 is 2.50 bits per heavy atom. The number of para-hydroxylation sites is 1. The first-order valence-electron chi connectivity index (χ1n) is 8.65. The monoisotopic (exact) mass is 364 g/mol. The summed E-state index contributed by atoms with van der Waals surface area (Å²) in [7, 11) is 0. The first kappa shape index (κ1) is 16.8. The summed E-state index contributed by atoms with van der Waals surface area (Å²) in [6, 6.07) is 15.9. The average molecular weight is 364 g/mol. The van der Waals surface area contributed by atoms with Crippen LogP contribution in [0.25, 0.3) is 10.9 Å². The minimum absolute atomic E-state index is 0.113. The van der Waals surface area contributed by atoms with Gasteiger partial charge in [-0.1, -0.05) is 24.3 Å². The van der Waals surface area contributed by atoms with Gasteiger partial charge in [-0.3, -0.25) is 4.79 Å². The molecule has 2 aromatic carbocycles. The standard InChI is InChI=1S/C20H20N4OS/c1-26-18-9-5-3-7-16(18)20(25)24-12-10-23(11-13-24)19-15-6-2-4-8-17(15)21-14-22-19/h2-9,14H,10-13H2,1H3. The molecule has 0 radical (unpaired) electrons. The number of piperazine rings is 1. The van der Waals surface area contributed by atoms with E-state index in [1.165, 1.54) is 0 Å². The maximum absolute atomic E-state index is 12.9. The molecule has 2 heterocycles. The number of hydrogen-bond acceptors (Lipinski definition) is 5. The van der Waals surface area contributed by atoms with E-state index in [4.69, 9.17) is 0 Å². The van der Waals surface area contributed by atoms with Crippen molar-refractivity contribution in [2.75, 3.05) is 37.3 Å². The van der Waals surface area contributed by atoms with E-state index >= 15 is 0 Å². The van der Waals surface area contributed by atoms with E-state index in [9.17, 15) is 4.79 Å². The predicted molar refractivity (Wildman–Crippen MR) is 106 cm³/mol. The number of carbonyl (C=O) groups excluding carboxylic acids is 1. The first-order chi connectivity index (χ1) is 12.8. The van der Waals surface area contributed by atoms with Crippen molar-refractivity contribution < 1.29 is 4.79 Å². The van der Waals surface area contributed by atoms with Gasteiger partial charge in [0.15, 0.2) is 0 Å². The lowest BCUT2D eigenvalue weighted by atomic mass is 10.1. The Kier molecular flexibility index (Phi) is 4.75. The van der Waals surface area contributed by atoms with Crippen molar-refractivity contribution in [1.29, 1.82) is 0 Å². The fourth-order valence-corrected chi connectivity index (χ4v) is 3.95. The highest BCUT2D eigenvalue weighted by Gasteiger charge is 2.25. The molecule has 4 rings (SSSR count). The molecule has 3 aromatic rings. The zero-order valence-electron chi connectivity index (χ0n) is 14.6. The molecule has 1 saturated heterocycles. The van der Waals surface area contributed by atoms with Gasteiger partial charge in [-0.2, -0.15) is 0 Å². The number of amides is 1. The second-order valence-corrected chi connectivity index (χ2v) is 7.04. The van der Waals surface area contributed by atoms with E-state index in [1.54, 1.807) is 18.1 Å². The third-order valence-electron chi connectivity index (χ3n) is 4.73. The van der Waals surface area contributed by atoms with Crippen LogP contribution in [0.2, 0.25) is 0 Å². The lowest BCUT2D eigenvalue weighted by Crippen LogP contribution is -2.49. The smallest absolute Gasteiger partial charge is 0.255 e. The van der Waals surface area contributed by atoms with Gasteiger partial charge in [0, 0.05) is 36.5 Å². The maximum Gasteiger partial charge on any atom is 0.255 e. The first-order valence-corrected chi connectivity index (χ1v) is 9.87. The molecule has 0 atom stereocenters. The summed E-state index contributed by atoms with van der Waals surface area (Å²) < 4.78 is 0. The van der Waals surface area contributed by atoms with E-state index in [2.05, 4.69) is 20.9 Å². The molecule has 132 valence electrons. The Balaban J connectivity index is 1.51. The van der Waals surface area contributed by atoms with Crippen LogP contribution in [-0.2, 0) is 0 Å². The third kappa shape index (κ3) is 3.12. The molecule has 1 aliphatic rings. The number of anilines is 1. The highest BCUT2D eigenvalue weighted by molar-refractivity contribution is 7.98. The van der Waals surface area contributed by atoms with Crippen molar-refractivity contribution >= 4 is 34.4 Å². The molecular formula is C20H20N4OS. The van der Waals surface area contributed by atoms with Crippen LogP contribution in [0.3, 0.4) is 0 Å². The topological polar surface area (TPSA) is 49.3 Å². The summed E-state index contributed by atoms with van der Waals surface area (Å²) in [5.74, 6) is 1.06. The Bertz CT molecular complexity index is 933. The number of hydrogen-bond donors (Lipinski definition) is 0. The predicted octanol–water partition coefficient (Wildman–Crippen LogP) is 3.31. The average Bonchev–Trinajstić information content (AvgIpc) is 2.73. The highest BCUT2D eigenvalue weighted by atomic mass is 32.2. The molecule has 0 bridgehead atoms. The minimum atomic E-state index is 0.113. The number of benzene rings is 2. The summed E-state index contributed by atoms with van der Waals surface area (Å²) in [5.41, 5.74) is 1.74. The van der Waals surface area contributed by atoms with Gasteiger partial charge in [-0.05, 0) is 30.5 Å². The summed E-state index contributed by atoms with van der Waals surface area (Å²) in [6.07, 6.45) is 3.62. The fourth-order valence-electron chi connectivity index (χ4n) is 3.36. The Labute approximate surface area is 157 Å². The van der Waals surface area contributed by atoms with Crippen molar-refractivity contribution in [3.05, 3.63) is 60.4 Å². The van der Waals surface area contributed by atoms with E-state index in [0.29, 0.717) is 13.1 Å². The second kappa shape index (κ2) is 7.33. The van der Waals surface area contributed by atoms with Gasteiger partial charge in [0.2, 0.25) is 0 Å². The second-order valence-electron chi connectivity index (χ2n) is 6.19. The quantitative estimate of drug-likeness (QED) is 0.668. The highest BCUT2D eigenvalue weighted by Crippen LogP contribution is 2.25. The molecule has 1 fully saturated rings. The molecule has 1 aromatic heterocycles. The van der Waals surface area contributed by atoms with Gasteiger partial charge in [-0.25, -0.2) is 9.97 Å². The van der Waals surface area contributed by atoms with Crippen LogP contribution in [0.5, 0.6) is 0 Å². The third-order valence-corrected chi connectivity index (χ3v) is 5.52. The van der Waals surface area contributed by atoms with Gasteiger partial charge in [0.25, 0.3) is 5.91 Å².